The molecular formula is C42H39Cl2N5O4. The second-order valence-corrected chi connectivity index (χ2v) is 14.1. The third kappa shape index (κ3) is 7.88. The Hall–Kier alpha value is -5.35. The summed E-state index contributed by atoms with van der Waals surface area (Å²) in [6.45, 7) is 2.41. The van der Waals surface area contributed by atoms with Crippen molar-refractivity contribution in [1.82, 2.24) is 20.4 Å². The van der Waals surface area contributed by atoms with Gasteiger partial charge in [0.15, 0.2) is 0 Å². The highest BCUT2D eigenvalue weighted by Gasteiger charge is 2.20. The summed E-state index contributed by atoms with van der Waals surface area (Å²) in [4.78, 5) is 24.8. The van der Waals surface area contributed by atoms with Crippen LogP contribution in [0.25, 0.3) is 33.2 Å². The molecular weight excluding hydrogens is 709 g/mol. The Labute approximate surface area is 318 Å². The summed E-state index contributed by atoms with van der Waals surface area (Å²) in [7, 11) is 3.57. The number of aromatic carboxylic acids is 1. The molecule has 6 aromatic rings. The SMILES string of the molecule is COc1cc(Cn2ncc3c(-c4cccc(-c5ccc(CNC[C@@H]6CCC(=O)N6)cc5)c4Cl)cccc32)c(Cl)cc1CN(C)c1ccc(C(=O)O)cc1. The fourth-order valence-corrected chi connectivity index (χ4v) is 7.47. The van der Waals surface area contributed by atoms with Gasteiger partial charge in [-0.15, -0.1) is 0 Å². The molecule has 2 heterocycles. The lowest BCUT2D eigenvalue weighted by Gasteiger charge is -2.22. The summed E-state index contributed by atoms with van der Waals surface area (Å²) in [6, 6.07) is 31.5. The summed E-state index contributed by atoms with van der Waals surface area (Å²) in [5.74, 6) is -0.133. The van der Waals surface area contributed by atoms with E-state index >= 15 is 0 Å². The Balaban J connectivity index is 1.08. The van der Waals surface area contributed by atoms with Crippen molar-refractivity contribution in [2.45, 2.75) is 38.5 Å². The lowest BCUT2D eigenvalue weighted by Crippen LogP contribution is -2.35. The first-order valence-electron chi connectivity index (χ1n) is 17.4. The number of anilines is 1. The second-order valence-electron chi connectivity index (χ2n) is 13.3. The van der Waals surface area contributed by atoms with Gasteiger partial charge in [-0.3, -0.25) is 9.48 Å². The predicted octanol–water partition coefficient (Wildman–Crippen LogP) is 8.44. The summed E-state index contributed by atoms with van der Waals surface area (Å²) < 4.78 is 7.73. The first-order valence-corrected chi connectivity index (χ1v) is 18.2. The van der Waals surface area contributed by atoms with Gasteiger partial charge >= 0.3 is 5.97 Å². The van der Waals surface area contributed by atoms with E-state index in [0.29, 0.717) is 35.3 Å². The molecule has 11 heteroatoms. The van der Waals surface area contributed by atoms with Gasteiger partial charge in [0.25, 0.3) is 0 Å². The van der Waals surface area contributed by atoms with Crippen molar-refractivity contribution in [2.24, 2.45) is 0 Å². The van der Waals surface area contributed by atoms with Crippen LogP contribution in [0.1, 0.15) is 39.9 Å². The maximum absolute atomic E-state index is 11.5. The molecule has 0 spiro atoms. The minimum Gasteiger partial charge on any atom is -0.496 e. The number of ether oxygens (including phenoxy) is 1. The largest absolute Gasteiger partial charge is 0.496 e. The third-order valence-electron chi connectivity index (χ3n) is 9.78. The Morgan fingerprint density at radius 2 is 1.72 bits per heavy atom. The highest BCUT2D eigenvalue weighted by Crippen LogP contribution is 2.39. The van der Waals surface area contributed by atoms with Crippen LogP contribution < -0.4 is 20.3 Å². The van der Waals surface area contributed by atoms with E-state index in [1.807, 2.05) is 65.3 Å². The maximum Gasteiger partial charge on any atom is 0.335 e. The zero-order valence-corrected chi connectivity index (χ0v) is 30.9. The van der Waals surface area contributed by atoms with Gasteiger partial charge in [0.1, 0.15) is 5.75 Å². The van der Waals surface area contributed by atoms with E-state index in [2.05, 4.69) is 41.0 Å². The number of carbonyl (C=O) groups excluding carboxylic acids is 1. The van der Waals surface area contributed by atoms with Crippen molar-refractivity contribution in [3.8, 4) is 28.0 Å². The molecule has 0 aliphatic carbocycles. The second kappa shape index (κ2) is 15.7. The number of rotatable bonds is 13. The topological polar surface area (TPSA) is 109 Å². The Morgan fingerprint density at radius 1 is 0.981 bits per heavy atom. The number of hydrogen-bond donors (Lipinski definition) is 3. The normalized spacial score (nSPS) is 14.0. The smallest absolute Gasteiger partial charge is 0.335 e. The van der Waals surface area contributed by atoms with Gasteiger partial charge < -0.3 is 25.4 Å². The molecule has 1 atom stereocenters. The maximum atomic E-state index is 11.5. The quantitative estimate of drug-likeness (QED) is 0.109. The van der Waals surface area contributed by atoms with Crippen LogP contribution in [0.4, 0.5) is 5.69 Å². The lowest BCUT2D eigenvalue weighted by atomic mass is 9.96. The summed E-state index contributed by atoms with van der Waals surface area (Å²) >= 11 is 14.0. The highest BCUT2D eigenvalue weighted by atomic mass is 35.5. The third-order valence-corrected chi connectivity index (χ3v) is 10.5. The fourth-order valence-electron chi connectivity index (χ4n) is 6.89. The van der Waals surface area contributed by atoms with Crippen LogP contribution in [-0.2, 0) is 24.4 Å². The zero-order valence-electron chi connectivity index (χ0n) is 29.4. The molecule has 5 aromatic carbocycles. The van der Waals surface area contributed by atoms with E-state index in [1.165, 1.54) is 0 Å². The van der Waals surface area contributed by atoms with Crippen LogP contribution in [0, 0.1) is 0 Å². The van der Waals surface area contributed by atoms with Gasteiger partial charge in [-0.05, 0) is 71.1 Å². The van der Waals surface area contributed by atoms with Gasteiger partial charge in [-0.2, -0.15) is 5.10 Å². The number of carboxylic acids is 1. The molecule has 1 fully saturated rings. The molecule has 9 nitrogen and oxygen atoms in total. The Kier molecular flexibility index (Phi) is 10.7. The van der Waals surface area contributed by atoms with Crippen LogP contribution in [0.15, 0.2) is 103 Å². The molecule has 0 saturated carbocycles. The first-order chi connectivity index (χ1) is 25.7. The molecule has 0 bridgehead atoms. The van der Waals surface area contributed by atoms with Gasteiger partial charge in [-0.25, -0.2) is 4.79 Å². The lowest BCUT2D eigenvalue weighted by molar-refractivity contribution is -0.119. The van der Waals surface area contributed by atoms with Crippen LogP contribution in [0.5, 0.6) is 5.75 Å². The monoisotopic (exact) mass is 747 g/mol. The molecule has 7 rings (SSSR count). The van der Waals surface area contributed by atoms with Crippen LogP contribution in [-0.4, -0.2) is 53.5 Å². The molecule has 3 N–H and O–H groups in total. The van der Waals surface area contributed by atoms with Crippen molar-refractivity contribution < 1.29 is 19.4 Å². The number of halogens is 2. The molecule has 1 aliphatic heterocycles. The number of aromatic nitrogens is 2. The van der Waals surface area contributed by atoms with E-state index in [9.17, 15) is 14.7 Å². The molecule has 0 radical (unpaired) electrons. The van der Waals surface area contributed by atoms with Crippen molar-refractivity contribution >= 4 is 51.7 Å². The van der Waals surface area contributed by atoms with Crippen molar-refractivity contribution in [3.05, 3.63) is 136 Å². The highest BCUT2D eigenvalue weighted by molar-refractivity contribution is 6.36. The Morgan fingerprint density at radius 3 is 2.43 bits per heavy atom. The average Bonchev–Trinajstić information content (AvgIpc) is 3.78. The number of amides is 1. The minimum absolute atomic E-state index is 0.129. The molecule has 1 aliphatic rings. The number of benzene rings is 5. The number of nitrogens with one attached hydrogen (secondary N) is 2. The summed E-state index contributed by atoms with van der Waals surface area (Å²) in [5, 5.41) is 22.7. The summed E-state index contributed by atoms with van der Waals surface area (Å²) in [6.07, 6.45) is 3.35. The van der Waals surface area contributed by atoms with E-state index in [4.69, 9.17) is 33.0 Å². The van der Waals surface area contributed by atoms with Crippen LogP contribution in [0.2, 0.25) is 10.0 Å². The van der Waals surface area contributed by atoms with Gasteiger partial charge in [0.05, 0.1) is 36.0 Å². The molecule has 1 aromatic heterocycles. The molecule has 0 unspecified atom stereocenters. The standard InChI is InChI=1S/C42H39Cl2N5O4/c1-48(32-16-13-28(14-17-32)42(51)52)24-30-19-37(43)29(20-39(30)53-2)25-49-38-8-4-6-34(36(38)23-46-49)35-7-3-5-33(41(35)44)27-11-9-26(10-12-27)21-45-22-31-15-18-40(50)47-31/h3-14,16-17,19-20,23,31,45H,15,18,21-22,24-25H2,1-2H3,(H,47,50)(H,51,52)/t31-/m0/s1. The summed E-state index contributed by atoms with van der Waals surface area (Å²) in [5.41, 5.74) is 8.86. The number of nitrogens with zero attached hydrogens (tertiary/aromatic N) is 3. The van der Waals surface area contributed by atoms with Crippen molar-refractivity contribution in [2.75, 3.05) is 25.6 Å². The Bertz CT molecular complexity index is 2290. The van der Waals surface area contributed by atoms with E-state index in [-0.39, 0.29) is 17.5 Å². The predicted molar refractivity (Wildman–Crippen MR) is 211 cm³/mol. The number of carbonyl (C=O) groups is 2. The van der Waals surface area contributed by atoms with Gasteiger partial charge in [-0.1, -0.05) is 77.8 Å². The average molecular weight is 749 g/mol. The molecule has 53 heavy (non-hydrogen) atoms. The molecule has 1 saturated heterocycles. The number of carboxylic acid groups (broad SMARTS) is 1. The fraction of sp³-hybridized carbons (Fsp3) is 0.214. The van der Waals surface area contributed by atoms with Crippen molar-refractivity contribution in [1.29, 1.82) is 0 Å². The molecule has 1 amide bonds. The van der Waals surface area contributed by atoms with Crippen LogP contribution in [0.3, 0.4) is 0 Å². The number of hydrogen-bond acceptors (Lipinski definition) is 6. The minimum atomic E-state index is -0.960. The van der Waals surface area contributed by atoms with E-state index in [1.54, 1.807) is 31.4 Å². The molecule has 270 valence electrons. The number of fused-ring (bicyclic) bond motifs is 1. The van der Waals surface area contributed by atoms with Crippen molar-refractivity contribution in [3.63, 3.8) is 0 Å². The number of methoxy groups -OCH3 is 1. The van der Waals surface area contributed by atoms with Gasteiger partial charge in [0.2, 0.25) is 5.91 Å². The first kappa shape index (κ1) is 36.0. The van der Waals surface area contributed by atoms with Gasteiger partial charge in [0, 0.05) is 71.9 Å². The van der Waals surface area contributed by atoms with E-state index in [0.717, 1.165) is 75.0 Å². The van der Waals surface area contributed by atoms with E-state index < -0.39 is 5.97 Å². The van der Waals surface area contributed by atoms with Crippen LogP contribution >= 0.6 is 23.2 Å². The zero-order chi connectivity index (χ0) is 37.1.